The van der Waals surface area contributed by atoms with Crippen molar-refractivity contribution in [2.45, 2.75) is 32.2 Å². The lowest BCUT2D eigenvalue weighted by molar-refractivity contribution is 0.540. The fourth-order valence-electron chi connectivity index (χ4n) is 1.94. The molecule has 0 spiro atoms. The molecule has 1 heteroatoms. The van der Waals surface area contributed by atoms with Gasteiger partial charge in [0.15, 0.2) is 0 Å². The quantitative estimate of drug-likeness (QED) is 0.699. The Balaban J connectivity index is 2.95. The van der Waals surface area contributed by atoms with Crippen LogP contribution in [0.3, 0.4) is 0 Å². The van der Waals surface area contributed by atoms with Gasteiger partial charge in [-0.2, -0.15) is 0 Å². The SMILES string of the molecule is C=CC1=C(/C=C\C)[C@H](NC)CCC1. The average molecular weight is 177 g/mol. The first kappa shape index (κ1) is 10.3. The van der Waals surface area contributed by atoms with E-state index in [0.29, 0.717) is 6.04 Å². The number of rotatable bonds is 3. The van der Waals surface area contributed by atoms with Crippen LogP contribution in [0.1, 0.15) is 26.2 Å². The second-order valence-electron chi connectivity index (χ2n) is 3.42. The van der Waals surface area contributed by atoms with Crippen LogP contribution in [-0.2, 0) is 0 Å². The Morgan fingerprint density at radius 2 is 2.31 bits per heavy atom. The average Bonchev–Trinajstić information content (AvgIpc) is 2.18. The minimum Gasteiger partial charge on any atom is -0.313 e. The third-order valence-electron chi connectivity index (χ3n) is 2.63. The van der Waals surface area contributed by atoms with Crippen molar-refractivity contribution in [1.82, 2.24) is 5.32 Å². The lowest BCUT2D eigenvalue weighted by Crippen LogP contribution is -2.29. The maximum absolute atomic E-state index is 3.87. The lowest BCUT2D eigenvalue weighted by Gasteiger charge is -2.25. The summed E-state index contributed by atoms with van der Waals surface area (Å²) in [5.41, 5.74) is 2.83. The summed E-state index contributed by atoms with van der Waals surface area (Å²) in [5.74, 6) is 0. The van der Waals surface area contributed by atoms with Crippen molar-refractivity contribution in [3.8, 4) is 0 Å². The number of nitrogens with one attached hydrogen (secondary N) is 1. The fraction of sp³-hybridized carbons (Fsp3) is 0.500. The van der Waals surface area contributed by atoms with E-state index in [2.05, 4.69) is 31.0 Å². The van der Waals surface area contributed by atoms with Crippen molar-refractivity contribution in [3.63, 3.8) is 0 Å². The van der Waals surface area contributed by atoms with Gasteiger partial charge >= 0.3 is 0 Å². The molecule has 0 aromatic rings. The van der Waals surface area contributed by atoms with E-state index in [1.165, 1.54) is 30.4 Å². The number of allylic oxidation sites excluding steroid dienone is 3. The van der Waals surface area contributed by atoms with Crippen molar-refractivity contribution < 1.29 is 0 Å². The fourth-order valence-corrected chi connectivity index (χ4v) is 1.94. The van der Waals surface area contributed by atoms with Crippen molar-refractivity contribution in [3.05, 3.63) is 36.0 Å². The molecule has 0 aromatic carbocycles. The van der Waals surface area contributed by atoms with E-state index in [0.717, 1.165) is 0 Å². The first-order valence-corrected chi connectivity index (χ1v) is 4.99. The van der Waals surface area contributed by atoms with Gasteiger partial charge in [-0.3, -0.25) is 0 Å². The highest BCUT2D eigenvalue weighted by Gasteiger charge is 2.17. The van der Waals surface area contributed by atoms with Crippen LogP contribution in [0.4, 0.5) is 0 Å². The second-order valence-corrected chi connectivity index (χ2v) is 3.42. The van der Waals surface area contributed by atoms with E-state index in [1.54, 1.807) is 0 Å². The number of hydrogen-bond donors (Lipinski definition) is 1. The van der Waals surface area contributed by atoms with Crippen LogP contribution < -0.4 is 5.32 Å². The zero-order valence-corrected chi connectivity index (χ0v) is 8.64. The lowest BCUT2D eigenvalue weighted by atomic mass is 9.87. The molecule has 1 rings (SSSR count). The molecule has 0 saturated carbocycles. The van der Waals surface area contributed by atoms with Crippen molar-refractivity contribution in [2.75, 3.05) is 7.05 Å². The Kier molecular flexibility index (Phi) is 3.97. The van der Waals surface area contributed by atoms with E-state index in [1.807, 2.05) is 13.1 Å². The van der Waals surface area contributed by atoms with Gasteiger partial charge in [0.05, 0.1) is 0 Å². The van der Waals surface area contributed by atoms with Crippen LogP contribution >= 0.6 is 0 Å². The van der Waals surface area contributed by atoms with E-state index in [-0.39, 0.29) is 0 Å². The maximum Gasteiger partial charge on any atom is 0.0320 e. The van der Waals surface area contributed by atoms with Gasteiger partial charge in [-0.15, -0.1) is 0 Å². The monoisotopic (exact) mass is 177 g/mol. The molecule has 0 fully saturated rings. The van der Waals surface area contributed by atoms with Crippen molar-refractivity contribution in [2.24, 2.45) is 0 Å². The van der Waals surface area contributed by atoms with E-state index < -0.39 is 0 Å². The Hall–Kier alpha value is -0.820. The normalized spacial score (nSPS) is 24.0. The van der Waals surface area contributed by atoms with Crippen LogP contribution in [0.5, 0.6) is 0 Å². The van der Waals surface area contributed by atoms with E-state index in [4.69, 9.17) is 0 Å². The van der Waals surface area contributed by atoms with Crippen LogP contribution in [0.25, 0.3) is 0 Å². The van der Waals surface area contributed by atoms with Crippen LogP contribution in [0.2, 0.25) is 0 Å². The summed E-state index contributed by atoms with van der Waals surface area (Å²) in [7, 11) is 2.03. The molecule has 0 radical (unpaired) electrons. The molecule has 0 heterocycles. The molecule has 1 atom stereocenters. The predicted molar refractivity (Wildman–Crippen MR) is 58.7 cm³/mol. The third-order valence-corrected chi connectivity index (χ3v) is 2.63. The zero-order chi connectivity index (χ0) is 9.68. The Morgan fingerprint density at radius 3 is 2.85 bits per heavy atom. The summed E-state index contributed by atoms with van der Waals surface area (Å²) in [4.78, 5) is 0. The maximum atomic E-state index is 3.87. The predicted octanol–water partition coefficient (Wildman–Crippen LogP) is 2.82. The number of hydrogen-bond acceptors (Lipinski definition) is 1. The molecule has 1 aliphatic carbocycles. The molecular weight excluding hydrogens is 158 g/mol. The molecule has 1 nitrogen and oxygen atoms in total. The first-order valence-electron chi connectivity index (χ1n) is 4.99. The third kappa shape index (κ3) is 2.31. The molecule has 0 aromatic heterocycles. The van der Waals surface area contributed by atoms with Gasteiger partial charge in [-0.25, -0.2) is 0 Å². The molecule has 0 saturated heterocycles. The van der Waals surface area contributed by atoms with Gasteiger partial charge in [0.1, 0.15) is 0 Å². The van der Waals surface area contributed by atoms with Gasteiger partial charge in [0.25, 0.3) is 0 Å². The zero-order valence-electron chi connectivity index (χ0n) is 8.64. The highest BCUT2D eigenvalue weighted by molar-refractivity contribution is 5.37. The Bertz CT molecular complexity index is 236. The Morgan fingerprint density at radius 1 is 1.54 bits per heavy atom. The molecule has 13 heavy (non-hydrogen) atoms. The van der Waals surface area contributed by atoms with Gasteiger partial charge in [0, 0.05) is 6.04 Å². The van der Waals surface area contributed by atoms with Gasteiger partial charge < -0.3 is 5.32 Å². The van der Waals surface area contributed by atoms with E-state index in [9.17, 15) is 0 Å². The Labute approximate surface area is 81.2 Å². The molecule has 0 bridgehead atoms. The topological polar surface area (TPSA) is 12.0 Å². The molecule has 0 unspecified atom stereocenters. The standard InChI is InChI=1S/C12H19N/c1-4-7-11-10(5-2)8-6-9-12(11)13-3/h4-5,7,12-13H,2,6,8-9H2,1,3H3/b7-4-/t12-/m1/s1. The molecule has 1 N–H and O–H groups in total. The highest BCUT2D eigenvalue weighted by Crippen LogP contribution is 2.26. The van der Waals surface area contributed by atoms with Gasteiger partial charge in [-0.05, 0) is 44.4 Å². The smallest absolute Gasteiger partial charge is 0.0320 e. The van der Waals surface area contributed by atoms with Gasteiger partial charge in [-0.1, -0.05) is 24.8 Å². The minimum atomic E-state index is 0.526. The second kappa shape index (κ2) is 5.03. The molecule has 1 aliphatic rings. The molecule has 72 valence electrons. The van der Waals surface area contributed by atoms with E-state index >= 15 is 0 Å². The van der Waals surface area contributed by atoms with Crippen molar-refractivity contribution in [1.29, 1.82) is 0 Å². The summed E-state index contributed by atoms with van der Waals surface area (Å²) >= 11 is 0. The summed E-state index contributed by atoms with van der Waals surface area (Å²) in [6.45, 7) is 5.93. The summed E-state index contributed by atoms with van der Waals surface area (Å²) in [5, 5.41) is 3.35. The summed E-state index contributed by atoms with van der Waals surface area (Å²) in [6, 6.07) is 0.526. The molecule has 0 amide bonds. The first-order chi connectivity index (χ1) is 6.33. The molecule has 0 aliphatic heterocycles. The van der Waals surface area contributed by atoms with Gasteiger partial charge in [0.2, 0.25) is 0 Å². The largest absolute Gasteiger partial charge is 0.313 e. The number of likely N-dealkylation sites (N-methyl/N-ethyl adjacent to an activating group) is 1. The van der Waals surface area contributed by atoms with Crippen LogP contribution in [0, 0.1) is 0 Å². The minimum absolute atomic E-state index is 0.526. The summed E-state index contributed by atoms with van der Waals surface area (Å²) in [6.07, 6.45) is 10.0. The molecular formula is C12H19N. The highest BCUT2D eigenvalue weighted by atomic mass is 14.9. The summed E-state index contributed by atoms with van der Waals surface area (Å²) < 4.78 is 0. The van der Waals surface area contributed by atoms with Crippen LogP contribution in [0.15, 0.2) is 36.0 Å². The van der Waals surface area contributed by atoms with Crippen molar-refractivity contribution >= 4 is 0 Å². The van der Waals surface area contributed by atoms with Crippen LogP contribution in [-0.4, -0.2) is 13.1 Å².